The number of hydrogen-bond acceptors (Lipinski definition) is 3. The Kier molecular flexibility index (Phi) is 3.71. The van der Waals surface area contributed by atoms with Gasteiger partial charge < -0.3 is 5.11 Å². The van der Waals surface area contributed by atoms with Crippen LogP contribution in [0.5, 0.6) is 0 Å². The molecule has 3 heteroatoms. The maximum absolute atomic E-state index is 12.4. The van der Waals surface area contributed by atoms with Gasteiger partial charge >= 0.3 is 0 Å². The van der Waals surface area contributed by atoms with Gasteiger partial charge in [-0.05, 0) is 74.0 Å². The summed E-state index contributed by atoms with van der Waals surface area (Å²) in [5.74, 6) is 3.03. The first-order valence-electron chi connectivity index (χ1n) is 9.75. The molecule has 1 atom stereocenters. The highest BCUT2D eigenvalue weighted by atomic mass is 16.3. The fourth-order valence-corrected chi connectivity index (χ4v) is 6.48. The van der Waals surface area contributed by atoms with Crippen LogP contribution < -0.4 is 0 Å². The molecule has 0 radical (unpaired) electrons. The number of ketones is 1. The van der Waals surface area contributed by atoms with Gasteiger partial charge in [0, 0.05) is 19.1 Å². The molecule has 0 heterocycles. The molecule has 5 aliphatic rings. The van der Waals surface area contributed by atoms with Crippen molar-refractivity contribution >= 4 is 12.0 Å². The van der Waals surface area contributed by atoms with E-state index in [4.69, 9.17) is 4.99 Å². The average molecular weight is 329 g/mol. The van der Waals surface area contributed by atoms with Crippen molar-refractivity contribution in [3.05, 3.63) is 11.3 Å². The zero-order valence-electron chi connectivity index (χ0n) is 15.3. The maximum atomic E-state index is 12.4. The predicted molar refractivity (Wildman–Crippen MR) is 96.2 cm³/mol. The van der Waals surface area contributed by atoms with Gasteiger partial charge in [0.05, 0.1) is 11.6 Å². The molecule has 0 saturated heterocycles. The predicted octanol–water partition coefficient (Wildman–Crippen LogP) is 4.86. The van der Waals surface area contributed by atoms with Crippen LogP contribution in [-0.2, 0) is 4.79 Å². The molecule has 4 fully saturated rings. The number of rotatable bonds is 3. The second kappa shape index (κ2) is 5.44. The van der Waals surface area contributed by atoms with Gasteiger partial charge in [0.2, 0.25) is 0 Å². The molecule has 1 N–H and O–H groups in total. The van der Waals surface area contributed by atoms with Gasteiger partial charge in [-0.15, -0.1) is 0 Å². The van der Waals surface area contributed by atoms with E-state index in [1.165, 1.54) is 38.5 Å². The topological polar surface area (TPSA) is 49.7 Å². The zero-order valence-corrected chi connectivity index (χ0v) is 15.3. The minimum absolute atomic E-state index is 0.0465. The van der Waals surface area contributed by atoms with Crippen molar-refractivity contribution in [2.75, 3.05) is 0 Å². The monoisotopic (exact) mass is 329 g/mol. The van der Waals surface area contributed by atoms with Crippen LogP contribution in [0.1, 0.15) is 72.1 Å². The zero-order chi connectivity index (χ0) is 17.1. The van der Waals surface area contributed by atoms with E-state index in [-0.39, 0.29) is 23.0 Å². The van der Waals surface area contributed by atoms with Crippen LogP contribution in [0.25, 0.3) is 0 Å². The second-order valence-electron chi connectivity index (χ2n) is 10.0. The summed E-state index contributed by atoms with van der Waals surface area (Å²) < 4.78 is 0. The number of nitrogens with zero attached hydrogens (tertiary/aromatic N) is 1. The molecule has 0 amide bonds. The molecule has 0 spiro atoms. The minimum Gasteiger partial charge on any atom is -0.511 e. The van der Waals surface area contributed by atoms with E-state index < -0.39 is 0 Å². The molecule has 132 valence electrons. The summed E-state index contributed by atoms with van der Waals surface area (Å²) in [6.07, 6.45) is 11.1. The Bertz CT molecular complexity index is 578. The molecule has 0 aliphatic heterocycles. The molecule has 0 unspecified atom stereocenters. The molecular weight excluding hydrogens is 298 g/mol. The molecule has 0 aromatic carbocycles. The van der Waals surface area contributed by atoms with Crippen molar-refractivity contribution in [1.29, 1.82) is 0 Å². The van der Waals surface area contributed by atoms with Crippen molar-refractivity contribution in [3.63, 3.8) is 0 Å². The Morgan fingerprint density at radius 3 is 2.12 bits per heavy atom. The van der Waals surface area contributed by atoms with Crippen molar-refractivity contribution in [2.45, 2.75) is 78.2 Å². The van der Waals surface area contributed by atoms with Crippen molar-refractivity contribution in [1.82, 2.24) is 0 Å². The van der Waals surface area contributed by atoms with E-state index in [9.17, 15) is 9.90 Å². The lowest BCUT2D eigenvalue weighted by atomic mass is 9.48. The van der Waals surface area contributed by atoms with Crippen LogP contribution >= 0.6 is 0 Å². The summed E-state index contributed by atoms with van der Waals surface area (Å²) in [4.78, 5) is 17.2. The van der Waals surface area contributed by atoms with Gasteiger partial charge in [-0.1, -0.05) is 13.8 Å². The van der Waals surface area contributed by atoms with Crippen LogP contribution in [0.15, 0.2) is 16.3 Å². The smallest absolute Gasteiger partial charge is 0.168 e. The highest BCUT2D eigenvalue weighted by Crippen LogP contribution is 2.61. The largest absolute Gasteiger partial charge is 0.511 e. The lowest BCUT2D eigenvalue weighted by Crippen LogP contribution is -2.50. The number of aliphatic hydroxyl groups excluding tert-OH is 1. The molecule has 5 rings (SSSR count). The molecule has 4 bridgehead atoms. The molecule has 24 heavy (non-hydrogen) atoms. The van der Waals surface area contributed by atoms with E-state index >= 15 is 0 Å². The van der Waals surface area contributed by atoms with Crippen LogP contribution in [0.4, 0.5) is 0 Å². The highest BCUT2D eigenvalue weighted by molar-refractivity contribution is 6.14. The lowest BCUT2D eigenvalue weighted by molar-refractivity contribution is -0.117. The summed E-state index contributed by atoms with van der Waals surface area (Å²) in [5, 5.41) is 10.3. The van der Waals surface area contributed by atoms with E-state index in [1.54, 1.807) is 6.21 Å². The Morgan fingerprint density at radius 2 is 1.62 bits per heavy atom. The van der Waals surface area contributed by atoms with Crippen LogP contribution in [-0.4, -0.2) is 23.1 Å². The number of Topliss-reactive ketones (excluding diaryl/α,β-unsaturated/α-hetero) is 1. The summed E-state index contributed by atoms with van der Waals surface area (Å²) in [6.45, 7) is 6.30. The third kappa shape index (κ3) is 2.74. The summed E-state index contributed by atoms with van der Waals surface area (Å²) >= 11 is 0. The van der Waals surface area contributed by atoms with Gasteiger partial charge in [0.1, 0.15) is 5.76 Å². The number of allylic oxidation sites excluding steroid dienone is 2. The van der Waals surface area contributed by atoms with Gasteiger partial charge in [0.15, 0.2) is 5.78 Å². The molecule has 4 saturated carbocycles. The Labute approximate surface area is 145 Å². The molecule has 0 aromatic heterocycles. The Balaban J connectivity index is 1.53. The number of carbonyl (C=O) groups is 1. The molecule has 5 aliphatic carbocycles. The number of hydrogen-bond donors (Lipinski definition) is 1. The molecule has 3 nitrogen and oxygen atoms in total. The van der Waals surface area contributed by atoms with E-state index in [1.807, 2.05) is 13.8 Å². The first-order chi connectivity index (χ1) is 11.3. The van der Waals surface area contributed by atoms with Gasteiger partial charge in [-0.3, -0.25) is 9.79 Å². The summed E-state index contributed by atoms with van der Waals surface area (Å²) in [5.41, 5.74) is 0.688. The van der Waals surface area contributed by atoms with Gasteiger partial charge in [-0.2, -0.15) is 0 Å². The standard InChI is InChI=1S/C21H31NO2/c1-13(21-7-14-4-15(8-21)6-16(5-14)9-21)22-12-17-18(23)10-20(2,3)11-19(17)24/h12-16,23H,4-11H2,1-3H3/t13-,14?,15?,16?,21?/m1/s1. The molecular formula is C21H31NO2. The summed E-state index contributed by atoms with van der Waals surface area (Å²) in [6, 6.07) is 0.258. The average Bonchev–Trinajstić information content (AvgIpc) is 2.43. The van der Waals surface area contributed by atoms with Gasteiger partial charge in [-0.25, -0.2) is 0 Å². The first kappa shape index (κ1) is 16.4. The lowest BCUT2D eigenvalue weighted by Gasteiger charge is -2.58. The number of carbonyl (C=O) groups excluding carboxylic acids is 1. The second-order valence-corrected chi connectivity index (χ2v) is 10.0. The van der Waals surface area contributed by atoms with Crippen LogP contribution in [0, 0.1) is 28.6 Å². The Morgan fingerprint density at radius 1 is 1.08 bits per heavy atom. The minimum atomic E-state index is -0.135. The third-order valence-electron chi connectivity index (χ3n) is 7.30. The fraction of sp³-hybridized carbons (Fsp3) is 0.810. The first-order valence-corrected chi connectivity index (χ1v) is 9.75. The van der Waals surface area contributed by atoms with Crippen molar-refractivity contribution < 1.29 is 9.90 Å². The van der Waals surface area contributed by atoms with Crippen LogP contribution in [0.2, 0.25) is 0 Å². The third-order valence-corrected chi connectivity index (χ3v) is 7.30. The molecule has 0 aromatic rings. The fourth-order valence-electron chi connectivity index (χ4n) is 6.48. The Hall–Kier alpha value is -1.12. The summed E-state index contributed by atoms with van der Waals surface area (Å²) in [7, 11) is 0. The maximum Gasteiger partial charge on any atom is 0.168 e. The SMILES string of the molecule is C[C@@H](N=CC1=C(O)CC(C)(C)CC1=O)C12CC3CC(CC(C3)C1)C2. The number of aliphatic imine (C=N–C) groups is 1. The van der Waals surface area contributed by atoms with E-state index in [0.29, 0.717) is 23.8 Å². The highest BCUT2D eigenvalue weighted by Gasteiger charge is 2.53. The van der Waals surface area contributed by atoms with E-state index in [0.717, 1.165) is 17.8 Å². The quantitative estimate of drug-likeness (QED) is 0.751. The normalized spacial score (nSPS) is 42.1. The van der Waals surface area contributed by atoms with Gasteiger partial charge in [0.25, 0.3) is 0 Å². The van der Waals surface area contributed by atoms with E-state index in [2.05, 4.69) is 6.92 Å². The van der Waals surface area contributed by atoms with Crippen molar-refractivity contribution in [2.24, 2.45) is 33.6 Å². The van der Waals surface area contributed by atoms with Crippen LogP contribution in [0.3, 0.4) is 0 Å². The van der Waals surface area contributed by atoms with Crippen molar-refractivity contribution in [3.8, 4) is 0 Å². The number of aliphatic hydroxyl groups is 1.